The molecule has 0 aliphatic carbocycles. The molecule has 0 amide bonds. The first kappa shape index (κ1) is 12.5. The first-order valence-electron chi connectivity index (χ1n) is 4.85. The SMILES string of the molecule is O=Cc1cn[nH]c1-c1cc(Cl)ccc1OC(F)F. The molecule has 2 rings (SSSR count). The van der Waals surface area contributed by atoms with Gasteiger partial charge in [-0.2, -0.15) is 13.9 Å². The van der Waals surface area contributed by atoms with E-state index in [1.807, 2.05) is 0 Å². The second kappa shape index (κ2) is 5.14. The van der Waals surface area contributed by atoms with Crippen LogP contribution >= 0.6 is 11.6 Å². The van der Waals surface area contributed by atoms with Crippen molar-refractivity contribution in [1.82, 2.24) is 10.2 Å². The van der Waals surface area contributed by atoms with E-state index in [4.69, 9.17) is 11.6 Å². The van der Waals surface area contributed by atoms with Crippen molar-refractivity contribution in [3.8, 4) is 17.0 Å². The van der Waals surface area contributed by atoms with Gasteiger partial charge in [-0.05, 0) is 18.2 Å². The zero-order valence-corrected chi connectivity index (χ0v) is 9.62. The van der Waals surface area contributed by atoms with Crippen LogP contribution in [0.4, 0.5) is 8.78 Å². The Morgan fingerprint density at radius 1 is 1.44 bits per heavy atom. The van der Waals surface area contributed by atoms with Crippen molar-refractivity contribution in [3.63, 3.8) is 0 Å². The first-order valence-corrected chi connectivity index (χ1v) is 5.23. The number of halogens is 3. The summed E-state index contributed by atoms with van der Waals surface area (Å²) in [5.41, 5.74) is 0.766. The van der Waals surface area contributed by atoms with Gasteiger partial charge in [0.05, 0.1) is 17.5 Å². The molecule has 0 saturated carbocycles. The molecule has 1 aromatic carbocycles. The van der Waals surface area contributed by atoms with Crippen molar-refractivity contribution in [3.05, 3.63) is 35.0 Å². The quantitative estimate of drug-likeness (QED) is 0.870. The largest absolute Gasteiger partial charge is 0.434 e. The maximum absolute atomic E-state index is 12.3. The van der Waals surface area contributed by atoms with Crippen LogP contribution < -0.4 is 4.74 Å². The number of hydrogen-bond acceptors (Lipinski definition) is 3. The number of carbonyl (C=O) groups excluding carboxylic acids is 1. The van der Waals surface area contributed by atoms with Crippen molar-refractivity contribution in [2.75, 3.05) is 0 Å². The average Bonchev–Trinajstić information content (AvgIpc) is 2.79. The minimum Gasteiger partial charge on any atom is -0.434 e. The van der Waals surface area contributed by atoms with Crippen LogP contribution in [0.1, 0.15) is 10.4 Å². The molecule has 0 bridgehead atoms. The van der Waals surface area contributed by atoms with Crippen LogP contribution in [0.3, 0.4) is 0 Å². The summed E-state index contributed by atoms with van der Waals surface area (Å²) in [5, 5.41) is 6.56. The highest BCUT2D eigenvalue weighted by molar-refractivity contribution is 6.31. The Labute approximate surface area is 106 Å². The van der Waals surface area contributed by atoms with E-state index >= 15 is 0 Å². The van der Waals surface area contributed by atoms with Gasteiger partial charge in [0.1, 0.15) is 5.75 Å². The van der Waals surface area contributed by atoms with Gasteiger partial charge in [-0.25, -0.2) is 0 Å². The van der Waals surface area contributed by atoms with Crippen molar-refractivity contribution < 1.29 is 18.3 Å². The molecule has 0 aliphatic rings. The van der Waals surface area contributed by atoms with Crippen LogP contribution in [0.25, 0.3) is 11.3 Å². The number of nitrogens with zero attached hydrogens (tertiary/aromatic N) is 1. The monoisotopic (exact) mass is 272 g/mol. The van der Waals surface area contributed by atoms with Gasteiger partial charge in [0.25, 0.3) is 0 Å². The normalized spacial score (nSPS) is 10.7. The summed E-state index contributed by atoms with van der Waals surface area (Å²) in [5.74, 6) is -0.0817. The van der Waals surface area contributed by atoms with E-state index in [2.05, 4.69) is 14.9 Å². The van der Waals surface area contributed by atoms with Crippen LogP contribution in [-0.2, 0) is 0 Å². The first-order chi connectivity index (χ1) is 8.61. The number of aldehydes is 1. The number of benzene rings is 1. The fourth-order valence-electron chi connectivity index (χ4n) is 1.50. The summed E-state index contributed by atoms with van der Waals surface area (Å²) in [6.45, 7) is -2.97. The van der Waals surface area contributed by atoms with Gasteiger partial charge < -0.3 is 4.74 Å². The summed E-state index contributed by atoms with van der Waals surface area (Å²) < 4.78 is 28.9. The molecule has 1 aromatic heterocycles. The molecule has 0 atom stereocenters. The van der Waals surface area contributed by atoms with E-state index in [0.29, 0.717) is 11.3 Å². The van der Waals surface area contributed by atoms with E-state index in [1.165, 1.54) is 24.4 Å². The van der Waals surface area contributed by atoms with E-state index < -0.39 is 6.61 Å². The summed E-state index contributed by atoms with van der Waals surface area (Å²) >= 11 is 5.80. The van der Waals surface area contributed by atoms with Gasteiger partial charge in [-0.1, -0.05) is 11.6 Å². The number of hydrogen-bond donors (Lipinski definition) is 1. The second-order valence-corrected chi connectivity index (χ2v) is 3.77. The molecule has 0 fully saturated rings. The van der Waals surface area contributed by atoms with E-state index in [1.54, 1.807) is 0 Å². The molecule has 0 spiro atoms. The summed E-state index contributed by atoms with van der Waals surface area (Å²) in [6, 6.07) is 4.14. The summed E-state index contributed by atoms with van der Waals surface area (Å²) in [7, 11) is 0. The third kappa shape index (κ3) is 2.48. The minimum atomic E-state index is -2.97. The van der Waals surface area contributed by atoms with Gasteiger partial charge in [-0.3, -0.25) is 9.89 Å². The number of nitrogens with one attached hydrogen (secondary N) is 1. The molecule has 0 unspecified atom stereocenters. The third-order valence-electron chi connectivity index (χ3n) is 2.22. The molecule has 94 valence electrons. The van der Waals surface area contributed by atoms with Crippen molar-refractivity contribution in [1.29, 1.82) is 0 Å². The maximum atomic E-state index is 12.3. The zero-order chi connectivity index (χ0) is 13.1. The number of rotatable bonds is 4. The Balaban J connectivity index is 2.54. The summed E-state index contributed by atoms with van der Waals surface area (Å²) in [6.07, 6.45) is 1.85. The van der Waals surface area contributed by atoms with Crippen LogP contribution in [0.2, 0.25) is 5.02 Å². The standard InChI is InChI=1S/C11H7ClF2N2O2/c12-7-1-2-9(18-11(13)14)8(3-7)10-6(5-17)4-15-16-10/h1-5,11H,(H,15,16). The average molecular weight is 273 g/mol. The number of aromatic amines is 1. The number of carbonyl (C=O) groups is 1. The zero-order valence-electron chi connectivity index (χ0n) is 8.86. The number of alkyl halides is 2. The molecule has 4 nitrogen and oxygen atoms in total. The Kier molecular flexibility index (Phi) is 3.57. The molecule has 0 radical (unpaired) electrons. The third-order valence-corrected chi connectivity index (χ3v) is 2.46. The fraction of sp³-hybridized carbons (Fsp3) is 0.0909. The van der Waals surface area contributed by atoms with Crippen LogP contribution in [0.5, 0.6) is 5.75 Å². The van der Waals surface area contributed by atoms with Crippen LogP contribution in [0.15, 0.2) is 24.4 Å². The molecular formula is C11H7ClF2N2O2. The lowest BCUT2D eigenvalue weighted by atomic mass is 10.1. The number of aromatic nitrogens is 2. The Morgan fingerprint density at radius 3 is 2.89 bits per heavy atom. The molecule has 7 heteroatoms. The second-order valence-electron chi connectivity index (χ2n) is 3.34. The molecule has 1 N–H and O–H groups in total. The van der Waals surface area contributed by atoms with E-state index in [0.717, 1.165) is 0 Å². The minimum absolute atomic E-state index is 0.0817. The predicted molar refractivity (Wildman–Crippen MR) is 61.1 cm³/mol. The topological polar surface area (TPSA) is 55.0 Å². The van der Waals surface area contributed by atoms with Crippen molar-refractivity contribution in [2.24, 2.45) is 0 Å². The van der Waals surface area contributed by atoms with Gasteiger partial charge in [-0.15, -0.1) is 0 Å². The number of H-pyrrole nitrogens is 1. The van der Waals surface area contributed by atoms with E-state index in [9.17, 15) is 13.6 Å². The molecule has 0 saturated heterocycles. The van der Waals surface area contributed by atoms with Gasteiger partial charge in [0.2, 0.25) is 0 Å². The molecule has 2 aromatic rings. The van der Waals surface area contributed by atoms with Gasteiger partial charge in [0.15, 0.2) is 6.29 Å². The maximum Gasteiger partial charge on any atom is 0.387 e. The fourth-order valence-corrected chi connectivity index (χ4v) is 1.67. The van der Waals surface area contributed by atoms with Crippen molar-refractivity contribution in [2.45, 2.75) is 6.61 Å². The van der Waals surface area contributed by atoms with Crippen LogP contribution in [-0.4, -0.2) is 23.1 Å². The summed E-state index contributed by atoms with van der Waals surface area (Å²) in [4.78, 5) is 10.8. The molecule has 1 heterocycles. The highest BCUT2D eigenvalue weighted by Gasteiger charge is 2.15. The molecule has 0 aliphatic heterocycles. The van der Waals surface area contributed by atoms with Gasteiger partial charge >= 0.3 is 6.61 Å². The Hall–Kier alpha value is -1.95. The highest BCUT2D eigenvalue weighted by atomic mass is 35.5. The molecular weight excluding hydrogens is 266 g/mol. The Bertz CT molecular complexity index is 572. The number of ether oxygens (including phenoxy) is 1. The Morgan fingerprint density at radius 2 is 2.22 bits per heavy atom. The van der Waals surface area contributed by atoms with Gasteiger partial charge in [0, 0.05) is 10.6 Å². The lowest BCUT2D eigenvalue weighted by Gasteiger charge is -2.10. The molecule has 18 heavy (non-hydrogen) atoms. The lowest BCUT2D eigenvalue weighted by molar-refractivity contribution is -0.0494. The van der Waals surface area contributed by atoms with Crippen molar-refractivity contribution >= 4 is 17.9 Å². The lowest BCUT2D eigenvalue weighted by Crippen LogP contribution is -2.03. The predicted octanol–water partition coefficient (Wildman–Crippen LogP) is 3.14. The highest BCUT2D eigenvalue weighted by Crippen LogP contribution is 2.33. The smallest absolute Gasteiger partial charge is 0.387 e. The van der Waals surface area contributed by atoms with E-state index in [-0.39, 0.29) is 22.6 Å². The van der Waals surface area contributed by atoms with Crippen LogP contribution in [0, 0.1) is 0 Å².